The van der Waals surface area contributed by atoms with Crippen LogP contribution in [0.1, 0.15) is 58.2 Å². The van der Waals surface area contributed by atoms with Crippen molar-refractivity contribution in [1.82, 2.24) is 0 Å². The molecule has 0 heterocycles. The standard InChI is InChI=1S/3C21H20Cl2O3/c3*1-21(2)17(12-18(22)23)19(21)20(24)25-13-14-7-6-10-16(11-14)26-15-8-4-3-5-9-15/h3*3-12,17,19H,13H2,1-2H3. The first-order valence-corrected chi connectivity index (χ1v) is 27.4. The van der Waals surface area contributed by atoms with Crippen LogP contribution in [0.2, 0.25) is 0 Å². The Morgan fingerprint density at radius 3 is 0.821 bits per heavy atom. The minimum Gasteiger partial charge on any atom is -0.461 e. The van der Waals surface area contributed by atoms with E-state index in [0.717, 1.165) is 33.9 Å². The van der Waals surface area contributed by atoms with Crippen LogP contribution >= 0.6 is 69.6 Å². The molecule has 6 atom stereocenters. The maximum Gasteiger partial charge on any atom is 0.310 e. The van der Waals surface area contributed by atoms with E-state index in [1.54, 1.807) is 18.2 Å². The van der Waals surface area contributed by atoms with Gasteiger partial charge in [-0.2, -0.15) is 0 Å². The molecule has 0 aromatic heterocycles. The summed E-state index contributed by atoms with van der Waals surface area (Å²) < 4.78 is 34.4. The zero-order valence-corrected chi connectivity index (χ0v) is 48.4. The average Bonchev–Trinajstić information content (AvgIpc) is 4.49. The van der Waals surface area contributed by atoms with E-state index in [1.807, 2.05) is 205 Å². The summed E-state index contributed by atoms with van der Waals surface area (Å²) in [7, 11) is 0. The Kier molecular flexibility index (Phi) is 20.6. The first-order chi connectivity index (χ1) is 37.1. The van der Waals surface area contributed by atoms with Gasteiger partial charge < -0.3 is 28.4 Å². The van der Waals surface area contributed by atoms with E-state index in [1.165, 1.54) is 0 Å². The first-order valence-electron chi connectivity index (χ1n) is 25.2. The lowest BCUT2D eigenvalue weighted by Crippen LogP contribution is -2.10. The van der Waals surface area contributed by atoms with Crippen molar-refractivity contribution >= 4 is 87.5 Å². The molecule has 3 fully saturated rings. The zero-order valence-electron chi connectivity index (χ0n) is 43.8. The predicted molar refractivity (Wildman–Crippen MR) is 310 cm³/mol. The van der Waals surface area contributed by atoms with Crippen molar-refractivity contribution in [2.24, 2.45) is 51.8 Å². The predicted octanol–water partition coefficient (Wildman–Crippen LogP) is 18.3. The van der Waals surface area contributed by atoms with Crippen molar-refractivity contribution in [2.45, 2.75) is 61.4 Å². The smallest absolute Gasteiger partial charge is 0.310 e. The molecule has 6 aromatic carbocycles. The van der Waals surface area contributed by atoms with E-state index in [-0.39, 0.29) is 103 Å². The maximum absolute atomic E-state index is 12.4. The Bertz CT molecular complexity index is 2760. The molecule has 15 heteroatoms. The molecular weight excluding hydrogens is 1110 g/mol. The largest absolute Gasteiger partial charge is 0.461 e. The molecule has 0 aliphatic heterocycles. The molecule has 0 amide bonds. The van der Waals surface area contributed by atoms with Gasteiger partial charge in [0.2, 0.25) is 0 Å². The molecular formula is C63H60Cl6O9. The van der Waals surface area contributed by atoms with Gasteiger partial charge in [-0.25, -0.2) is 0 Å². The van der Waals surface area contributed by atoms with Crippen LogP contribution < -0.4 is 14.2 Å². The maximum atomic E-state index is 12.4. The van der Waals surface area contributed by atoms with Gasteiger partial charge in [-0.05, 0) is 142 Å². The van der Waals surface area contributed by atoms with Crippen LogP contribution in [-0.2, 0) is 48.4 Å². The summed E-state index contributed by atoms with van der Waals surface area (Å²) in [6, 6.07) is 51.1. The fourth-order valence-electron chi connectivity index (χ4n) is 9.43. The Balaban J connectivity index is 0.000000170. The highest BCUT2D eigenvalue weighted by Crippen LogP contribution is 2.62. The van der Waals surface area contributed by atoms with Gasteiger partial charge in [0.25, 0.3) is 0 Å². The summed E-state index contributed by atoms with van der Waals surface area (Å²) in [6.45, 7) is 12.6. The number of rotatable bonds is 18. The second-order valence-corrected chi connectivity index (χ2v) is 23.9. The number of hydrogen-bond donors (Lipinski definition) is 0. The van der Waals surface area contributed by atoms with Gasteiger partial charge in [0.05, 0.1) is 17.8 Å². The van der Waals surface area contributed by atoms with Crippen LogP contribution in [0.5, 0.6) is 34.5 Å². The summed E-state index contributed by atoms with van der Waals surface area (Å²) in [5, 5.41) is 0. The van der Waals surface area contributed by atoms with E-state index in [9.17, 15) is 14.4 Å². The van der Waals surface area contributed by atoms with Crippen LogP contribution in [0.3, 0.4) is 0 Å². The van der Waals surface area contributed by atoms with Gasteiger partial charge in [-0.1, -0.05) is 202 Å². The summed E-state index contributed by atoms with van der Waals surface area (Å²) in [5.74, 6) is 3.02. The third-order valence-corrected chi connectivity index (χ3v) is 14.9. The zero-order chi connectivity index (χ0) is 56.2. The van der Waals surface area contributed by atoms with Crippen LogP contribution in [0.25, 0.3) is 0 Å². The molecule has 9 rings (SSSR count). The van der Waals surface area contributed by atoms with Crippen molar-refractivity contribution in [3.05, 3.63) is 212 Å². The number of halogens is 6. The number of esters is 3. The molecule has 408 valence electrons. The first kappa shape index (κ1) is 59.7. The number of allylic oxidation sites excluding steroid dienone is 3. The summed E-state index contributed by atoms with van der Waals surface area (Å²) in [6.07, 6.45) is 5.13. The molecule has 0 N–H and O–H groups in total. The third-order valence-electron chi connectivity index (χ3n) is 14.2. The number of para-hydroxylation sites is 3. The monoisotopic (exact) mass is 1170 g/mol. The van der Waals surface area contributed by atoms with Crippen molar-refractivity contribution < 1.29 is 42.8 Å². The normalized spacial score (nSPS) is 20.2. The van der Waals surface area contributed by atoms with Crippen molar-refractivity contribution in [3.8, 4) is 34.5 Å². The number of ether oxygens (including phenoxy) is 6. The Hall–Kier alpha value is -5.91. The van der Waals surface area contributed by atoms with Crippen molar-refractivity contribution in [3.63, 3.8) is 0 Å². The molecule has 3 saturated carbocycles. The minimum absolute atomic E-state index is 0.00717. The highest BCUT2D eigenvalue weighted by Gasteiger charge is 2.63. The summed E-state index contributed by atoms with van der Waals surface area (Å²) in [4.78, 5) is 37.2. The second kappa shape index (κ2) is 26.8. The summed E-state index contributed by atoms with van der Waals surface area (Å²) >= 11 is 34.4. The Morgan fingerprint density at radius 1 is 0.359 bits per heavy atom. The Labute approximate surface area is 486 Å². The van der Waals surface area contributed by atoms with Crippen LogP contribution in [0.4, 0.5) is 0 Å². The third kappa shape index (κ3) is 16.8. The van der Waals surface area contributed by atoms with Crippen molar-refractivity contribution in [1.29, 1.82) is 0 Å². The fraction of sp³-hybridized carbons (Fsp3) is 0.286. The highest BCUT2D eigenvalue weighted by atomic mass is 35.5. The lowest BCUT2D eigenvalue weighted by atomic mass is 10.1. The minimum atomic E-state index is -0.236. The molecule has 0 spiro atoms. The molecule has 3 aliphatic carbocycles. The van der Waals surface area contributed by atoms with Gasteiger partial charge in [0, 0.05) is 0 Å². The fourth-order valence-corrected chi connectivity index (χ4v) is 10.2. The van der Waals surface area contributed by atoms with E-state index in [0.29, 0.717) is 17.2 Å². The number of carbonyl (C=O) groups excluding carboxylic acids is 3. The number of benzene rings is 6. The summed E-state index contributed by atoms with van der Waals surface area (Å²) in [5.41, 5.74) is 2.03. The van der Waals surface area contributed by atoms with Gasteiger partial charge in [-0.3, -0.25) is 14.4 Å². The van der Waals surface area contributed by atoms with Gasteiger partial charge in [0.15, 0.2) is 0 Å². The molecule has 6 aromatic rings. The van der Waals surface area contributed by atoms with E-state index in [4.69, 9.17) is 98.0 Å². The molecule has 0 saturated heterocycles. The highest BCUT2D eigenvalue weighted by molar-refractivity contribution is 6.56. The van der Waals surface area contributed by atoms with Gasteiger partial charge in [0.1, 0.15) is 67.8 Å². The van der Waals surface area contributed by atoms with E-state index in [2.05, 4.69) is 0 Å². The molecule has 6 unspecified atom stereocenters. The van der Waals surface area contributed by atoms with Gasteiger partial charge >= 0.3 is 17.9 Å². The quantitative estimate of drug-likeness (QED) is 0.0614. The van der Waals surface area contributed by atoms with E-state index >= 15 is 0 Å². The topological polar surface area (TPSA) is 107 Å². The van der Waals surface area contributed by atoms with Crippen LogP contribution in [0, 0.1) is 51.8 Å². The molecule has 3 aliphatic rings. The number of hydrogen-bond acceptors (Lipinski definition) is 9. The molecule has 0 radical (unpaired) electrons. The lowest BCUT2D eigenvalue weighted by Gasteiger charge is -2.09. The molecule has 0 bridgehead atoms. The second-order valence-electron chi connectivity index (χ2n) is 20.9. The average molecular weight is 1170 g/mol. The van der Waals surface area contributed by atoms with Crippen molar-refractivity contribution in [2.75, 3.05) is 0 Å². The Morgan fingerprint density at radius 2 is 0.590 bits per heavy atom. The lowest BCUT2D eigenvalue weighted by molar-refractivity contribution is -0.148. The molecule has 78 heavy (non-hydrogen) atoms. The van der Waals surface area contributed by atoms with E-state index < -0.39 is 0 Å². The SMILES string of the molecule is CC1(C)C(C=C(Cl)Cl)C1C(=O)OCc1cccc(Oc2ccccc2)c1.CC1(C)C(C=C(Cl)Cl)C1C(=O)OCc1cccc(Oc2ccccc2)c1.CC1(C)C(C=C(Cl)Cl)C1C(=O)OCc1cccc(Oc2ccccc2)c1. The van der Waals surface area contributed by atoms with Crippen LogP contribution in [0.15, 0.2) is 195 Å². The van der Waals surface area contributed by atoms with Crippen LogP contribution in [-0.4, -0.2) is 17.9 Å². The number of carbonyl (C=O) groups is 3. The molecule has 9 nitrogen and oxygen atoms in total. The van der Waals surface area contributed by atoms with Gasteiger partial charge in [-0.15, -0.1) is 0 Å².